The van der Waals surface area contributed by atoms with Crippen LogP contribution in [0, 0.1) is 5.92 Å². The van der Waals surface area contributed by atoms with Gasteiger partial charge < -0.3 is 26.4 Å². The van der Waals surface area contributed by atoms with Gasteiger partial charge >= 0.3 is 0 Å². The molecule has 0 saturated carbocycles. The summed E-state index contributed by atoms with van der Waals surface area (Å²) in [5.74, 6) is -1.68. The minimum atomic E-state index is -0.920. The molecule has 29 heavy (non-hydrogen) atoms. The number of hydrogen-bond donors (Lipinski definition) is 4. The molecule has 1 aromatic carbocycles. The summed E-state index contributed by atoms with van der Waals surface area (Å²) in [4.78, 5) is 50.7. The first-order valence-electron chi connectivity index (χ1n) is 9.73. The number of carbonyl (C=O) groups excluding carboxylic acids is 4. The molecule has 0 bridgehead atoms. The van der Waals surface area contributed by atoms with Crippen LogP contribution < -0.4 is 16.4 Å². The van der Waals surface area contributed by atoms with E-state index < -0.39 is 29.9 Å². The van der Waals surface area contributed by atoms with Crippen LogP contribution in [0.2, 0.25) is 0 Å². The Hall–Kier alpha value is -3.10. The number of amides is 4. The van der Waals surface area contributed by atoms with Gasteiger partial charge in [-0.1, -0.05) is 19.1 Å². The highest BCUT2D eigenvalue weighted by Gasteiger charge is 2.39. The lowest BCUT2D eigenvalue weighted by Gasteiger charge is -2.29. The Morgan fingerprint density at radius 3 is 2.59 bits per heavy atom. The molecular weight excluding hydrogens is 376 g/mol. The first-order chi connectivity index (χ1) is 13.8. The van der Waals surface area contributed by atoms with Crippen LogP contribution >= 0.6 is 0 Å². The monoisotopic (exact) mass is 402 g/mol. The molecule has 2 heterocycles. The SMILES string of the molecule is CC1CC(=O)N[C@@H]1C(=O)N[C@@H](Cc1ccc(O)cc1)C(=O)N1CCC[C@H]1C(N)=O. The zero-order chi connectivity index (χ0) is 21.1. The number of carbonyl (C=O) groups is 4. The van der Waals surface area contributed by atoms with Crippen LogP contribution in [0.3, 0.4) is 0 Å². The van der Waals surface area contributed by atoms with Crippen LogP contribution in [0.25, 0.3) is 0 Å². The van der Waals surface area contributed by atoms with E-state index in [4.69, 9.17) is 5.73 Å². The predicted octanol–water partition coefficient (Wildman–Crippen LogP) is -0.580. The normalized spacial score (nSPS) is 24.8. The molecule has 0 aliphatic carbocycles. The number of hydrogen-bond acceptors (Lipinski definition) is 5. The van der Waals surface area contributed by atoms with E-state index in [2.05, 4.69) is 10.6 Å². The van der Waals surface area contributed by atoms with Crippen molar-refractivity contribution in [2.24, 2.45) is 11.7 Å². The van der Waals surface area contributed by atoms with Gasteiger partial charge in [-0.05, 0) is 36.5 Å². The molecule has 5 N–H and O–H groups in total. The first-order valence-corrected chi connectivity index (χ1v) is 9.73. The number of primary amides is 1. The van der Waals surface area contributed by atoms with Crippen LogP contribution in [0.5, 0.6) is 5.75 Å². The Kier molecular flexibility index (Phi) is 6.05. The van der Waals surface area contributed by atoms with Crippen molar-refractivity contribution in [2.75, 3.05) is 6.54 Å². The van der Waals surface area contributed by atoms with E-state index in [-0.39, 0.29) is 36.3 Å². The van der Waals surface area contributed by atoms with Gasteiger partial charge in [-0.15, -0.1) is 0 Å². The molecule has 2 fully saturated rings. The number of aromatic hydroxyl groups is 1. The number of nitrogens with zero attached hydrogens (tertiary/aromatic N) is 1. The highest BCUT2D eigenvalue weighted by atomic mass is 16.3. The molecular formula is C20H26N4O5. The Balaban J connectivity index is 1.80. The Labute approximate surface area is 168 Å². The highest BCUT2D eigenvalue weighted by Crippen LogP contribution is 2.21. The number of nitrogens with one attached hydrogen (secondary N) is 2. The molecule has 0 radical (unpaired) electrons. The number of phenolic OH excluding ortho intramolecular Hbond substituents is 1. The smallest absolute Gasteiger partial charge is 0.246 e. The standard InChI is InChI=1S/C20H26N4O5/c1-11-9-16(26)23-17(11)19(28)22-14(10-12-4-6-13(25)7-5-12)20(29)24-8-2-3-15(24)18(21)27/h4-7,11,14-15,17,25H,2-3,8-10H2,1H3,(H2,21,27)(H,22,28)(H,23,26)/t11?,14-,15-,17-/m0/s1. The first kappa shape index (κ1) is 20.6. The molecule has 9 heteroatoms. The van der Waals surface area contributed by atoms with Crippen LogP contribution in [0.1, 0.15) is 31.7 Å². The van der Waals surface area contributed by atoms with E-state index in [1.54, 1.807) is 19.1 Å². The van der Waals surface area contributed by atoms with Gasteiger partial charge in [0.25, 0.3) is 0 Å². The van der Waals surface area contributed by atoms with Crippen molar-refractivity contribution in [3.63, 3.8) is 0 Å². The van der Waals surface area contributed by atoms with Crippen molar-refractivity contribution in [1.29, 1.82) is 0 Å². The maximum atomic E-state index is 13.2. The Bertz CT molecular complexity index is 810. The number of rotatable bonds is 6. The molecule has 156 valence electrons. The quantitative estimate of drug-likeness (QED) is 0.504. The summed E-state index contributed by atoms with van der Waals surface area (Å²) in [7, 11) is 0. The zero-order valence-electron chi connectivity index (χ0n) is 16.3. The van der Waals surface area contributed by atoms with Gasteiger partial charge in [-0.3, -0.25) is 19.2 Å². The fraction of sp³-hybridized carbons (Fsp3) is 0.500. The number of nitrogens with two attached hydrogens (primary N) is 1. The fourth-order valence-corrected chi connectivity index (χ4v) is 3.96. The van der Waals surface area contributed by atoms with E-state index in [9.17, 15) is 24.3 Å². The van der Waals surface area contributed by atoms with Crippen molar-refractivity contribution >= 4 is 23.6 Å². The molecule has 2 aliphatic heterocycles. The number of likely N-dealkylation sites (tertiary alicyclic amines) is 1. The summed E-state index contributed by atoms with van der Waals surface area (Å²) in [6.07, 6.45) is 1.60. The third-order valence-electron chi connectivity index (χ3n) is 5.53. The van der Waals surface area contributed by atoms with E-state index in [0.29, 0.717) is 19.4 Å². The summed E-state index contributed by atoms with van der Waals surface area (Å²) in [6.45, 7) is 2.19. The molecule has 1 aromatic rings. The van der Waals surface area contributed by atoms with E-state index >= 15 is 0 Å². The van der Waals surface area contributed by atoms with Gasteiger partial charge in [0.15, 0.2) is 0 Å². The molecule has 2 saturated heterocycles. The van der Waals surface area contributed by atoms with Crippen molar-refractivity contribution in [3.05, 3.63) is 29.8 Å². The number of phenols is 1. The second kappa shape index (κ2) is 8.50. The Morgan fingerprint density at radius 1 is 1.31 bits per heavy atom. The minimum Gasteiger partial charge on any atom is -0.508 e. The van der Waals surface area contributed by atoms with Gasteiger partial charge in [0.2, 0.25) is 23.6 Å². The van der Waals surface area contributed by atoms with E-state index in [1.165, 1.54) is 17.0 Å². The molecule has 9 nitrogen and oxygen atoms in total. The van der Waals surface area contributed by atoms with Gasteiger partial charge in [0.1, 0.15) is 23.9 Å². The fourth-order valence-electron chi connectivity index (χ4n) is 3.96. The number of benzene rings is 1. The average molecular weight is 402 g/mol. The molecule has 1 unspecified atom stereocenters. The molecule has 0 aromatic heterocycles. The summed E-state index contributed by atoms with van der Waals surface area (Å²) >= 11 is 0. The van der Waals surface area contributed by atoms with Crippen LogP contribution in [0.4, 0.5) is 0 Å². The van der Waals surface area contributed by atoms with Crippen molar-refractivity contribution in [3.8, 4) is 5.75 Å². The predicted molar refractivity (Wildman–Crippen MR) is 103 cm³/mol. The van der Waals surface area contributed by atoms with E-state index in [0.717, 1.165) is 5.56 Å². The lowest BCUT2D eigenvalue weighted by molar-refractivity contribution is -0.141. The summed E-state index contributed by atoms with van der Waals surface area (Å²) < 4.78 is 0. The average Bonchev–Trinajstić information content (AvgIpc) is 3.28. The van der Waals surface area contributed by atoms with E-state index in [1.807, 2.05) is 0 Å². The van der Waals surface area contributed by atoms with Gasteiger partial charge in [-0.2, -0.15) is 0 Å². The van der Waals surface area contributed by atoms with Gasteiger partial charge in [0.05, 0.1) is 0 Å². The lowest BCUT2D eigenvalue weighted by Crippen LogP contribution is -2.56. The van der Waals surface area contributed by atoms with Crippen molar-refractivity contribution < 1.29 is 24.3 Å². The summed E-state index contributed by atoms with van der Waals surface area (Å²) in [5, 5.41) is 14.9. The lowest BCUT2D eigenvalue weighted by atomic mass is 10.00. The summed E-state index contributed by atoms with van der Waals surface area (Å²) in [5.41, 5.74) is 6.17. The third-order valence-corrected chi connectivity index (χ3v) is 5.53. The highest BCUT2D eigenvalue weighted by molar-refractivity contribution is 5.96. The maximum absolute atomic E-state index is 13.2. The largest absolute Gasteiger partial charge is 0.508 e. The summed E-state index contributed by atoms with van der Waals surface area (Å²) in [6, 6.07) is 4.01. The van der Waals surface area contributed by atoms with Gasteiger partial charge in [-0.25, -0.2) is 0 Å². The second-order valence-electron chi connectivity index (χ2n) is 7.75. The minimum absolute atomic E-state index is 0.0940. The van der Waals surface area contributed by atoms with Crippen LogP contribution in [-0.2, 0) is 25.6 Å². The topological polar surface area (TPSA) is 142 Å². The Morgan fingerprint density at radius 2 is 2.00 bits per heavy atom. The molecule has 3 rings (SSSR count). The van der Waals surface area contributed by atoms with Crippen molar-refractivity contribution in [1.82, 2.24) is 15.5 Å². The van der Waals surface area contributed by atoms with Crippen molar-refractivity contribution in [2.45, 2.75) is 50.7 Å². The van der Waals surface area contributed by atoms with Gasteiger partial charge in [0, 0.05) is 19.4 Å². The molecule has 2 aliphatic rings. The zero-order valence-corrected chi connectivity index (χ0v) is 16.3. The molecule has 4 amide bonds. The second-order valence-corrected chi connectivity index (χ2v) is 7.75. The molecule has 4 atom stereocenters. The van der Waals surface area contributed by atoms with Crippen LogP contribution in [-0.4, -0.2) is 58.3 Å². The molecule has 0 spiro atoms. The van der Waals surface area contributed by atoms with Crippen LogP contribution in [0.15, 0.2) is 24.3 Å². The maximum Gasteiger partial charge on any atom is 0.246 e. The third kappa shape index (κ3) is 4.67.